The fourth-order valence-corrected chi connectivity index (χ4v) is 4.77. The van der Waals surface area contributed by atoms with Crippen LogP contribution in [0.25, 0.3) is 22.1 Å². The Morgan fingerprint density at radius 3 is 2.82 bits per heavy atom. The van der Waals surface area contributed by atoms with Crippen LogP contribution >= 0.6 is 27.7 Å². The van der Waals surface area contributed by atoms with Crippen LogP contribution in [0, 0.1) is 17.2 Å². The Morgan fingerprint density at radius 1 is 1.14 bits per heavy atom. The van der Waals surface area contributed by atoms with Crippen molar-refractivity contribution in [3.63, 3.8) is 0 Å². The SMILES string of the molecule is N#Cc1ccccc1CSc1nnc2c3c(Br)cccc3n(CC3CC3)c2n1. The maximum absolute atomic E-state index is 9.28. The summed E-state index contributed by atoms with van der Waals surface area (Å²) in [5.74, 6) is 1.37. The number of hydrogen-bond acceptors (Lipinski definition) is 5. The van der Waals surface area contributed by atoms with Gasteiger partial charge in [-0.3, -0.25) is 0 Å². The molecule has 1 aliphatic carbocycles. The highest BCUT2D eigenvalue weighted by molar-refractivity contribution is 9.10. The van der Waals surface area contributed by atoms with Crippen molar-refractivity contribution >= 4 is 49.8 Å². The molecule has 5 rings (SSSR count). The minimum atomic E-state index is 0.635. The van der Waals surface area contributed by atoms with Crippen LogP contribution in [0.5, 0.6) is 0 Å². The molecule has 0 aliphatic heterocycles. The summed E-state index contributed by atoms with van der Waals surface area (Å²) >= 11 is 5.18. The van der Waals surface area contributed by atoms with Gasteiger partial charge in [-0.15, -0.1) is 10.2 Å². The van der Waals surface area contributed by atoms with E-state index in [1.54, 1.807) is 0 Å². The summed E-state index contributed by atoms with van der Waals surface area (Å²) in [7, 11) is 0. The average molecular weight is 450 g/mol. The third-order valence-corrected chi connectivity index (χ3v) is 6.60. The summed E-state index contributed by atoms with van der Waals surface area (Å²) in [5, 5.41) is 19.9. The van der Waals surface area contributed by atoms with E-state index in [0.717, 1.165) is 44.6 Å². The molecular formula is C21H16BrN5S. The lowest BCUT2D eigenvalue weighted by molar-refractivity contribution is 0.654. The standard InChI is InChI=1S/C21H16BrN5S/c22-16-6-3-7-17-18(16)19-20(27(17)11-13-8-9-13)24-21(26-25-19)28-12-15-5-2-1-4-14(15)10-23/h1-7,13H,8-9,11-12H2. The number of nitrogens with zero attached hydrogens (tertiary/aromatic N) is 5. The van der Waals surface area contributed by atoms with E-state index in [9.17, 15) is 5.26 Å². The van der Waals surface area contributed by atoms with Crippen molar-refractivity contribution in [3.8, 4) is 6.07 Å². The molecule has 5 nitrogen and oxygen atoms in total. The van der Waals surface area contributed by atoms with Gasteiger partial charge in [-0.1, -0.05) is 52.0 Å². The topological polar surface area (TPSA) is 67.4 Å². The Bertz CT molecular complexity index is 1240. The van der Waals surface area contributed by atoms with E-state index in [1.165, 1.54) is 24.6 Å². The predicted octanol–water partition coefficient (Wildman–Crippen LogP) is 5.32. The normalized spacial score (nSPS) is 13.9. The van der Waals surface area contributed by atoms with Crippen LogP contribution in [-0.2, 0) is 12.3 Å². The van der Waals surface area contributed by atoms with E-state index >= 15 is 0 Å². The summed E-state index contributed by atoms with van der Waals surface area (Å²) in [6.07, 6.45) is 2.56. The zero-order chi connectivity index (χ0) is 19.1. The molecule has 2 heterocycles. The molecule has 28 heavy (non-hydrogen) atoms. The number of rotatable bonds is 5. The highest BCUT2D eigenvalue weighted by Gasteiger charge is 2.25. The first kappa shape index (κ1) is 17.7. The van der Waals surface area contributed by atoms with Gasteiger partial charge in [0.2, 0.25) is 5.16 Å². The van der Waals surface area contributed by atoms with Crippen molar-refractivity contribution < 1.29 is 0 Å². The van der Waals surface area contributed by atoms with Gasteiger partial charge in [0.05, 0.1) is 17.1 Å². The lowest BCUT2D eigenvalue weighted by Gasteiger charge is -2.06. The summed E-state index contributed by atoms with van der Waals surface area (Å²) in [5.41, 5.74) is 4.55. The van der Waals surface area contributed by atoms with Gasteiger partial charge in [0, 0.05) is 22.2 Å². The third-order valence-electron chi connectivity index (χ3n) is 5.06. The predicted molar refractivity (Wildman–Crippen MR) is 114 cm³/mol. The maximum Gasteiger partial charge on any atom is 0.211 e. The Balaban J connectivity index is 1.55. The minimum Gasteiger partial charge on any atom is -0.323 e. The number of halogens is 1. The van der Waals surface area contributed by atoms with Crippen LogP contribution in [0.4, 0.5) is 0 Å². The minimum absolute atomic E-state index is 0.635. The molecule has 1 aliphatic rings. The molecule has 0 atom stereocenters. The van der Waals surface area contributed by atoms with Crippen LogP contribution in [0.15, 0.2) is 52.1 Å². The van der Waals surface area contributed by atoms with Crippen LogP contribution in [0.3, 0.4) is 0 Å². The highest BCUT2D eigenvalue weighted by atomic mass is 79.9. The van der Waals surface area contributed by atoms with Crippen molar-refractivity contribution in [1.29, 1.82) is 5.26 Å². The Kier molecular flexibility index (Phi) is 4.53. The van der Waals surface area contributed by atoms with Crippen molar-refractivity contribution in [2.45, 2.75) is 30.3 Å². The molecule has 1 saturated carbocycles. The molecule has 7 heteroatoms. The van der Waals surface area contributed by atoms with Crippen LogP contribution < -0.4 is 0 Å². The molecule has 1 fully saturated rings. The van der Waals surface area contributed by atoms with E-state index in [1.807, 2.05) is 30.3 Å². The molecule has 2 aromatic heterocycles. The van der Waals surface area contributed by atoms with Gasteiger partial charge < -0.3 is 4.57 Å². The first-order chi connectivity index (χ1) is 13.7. The van der Waals surface area contributed by atoms with Gasteiger partial charge in [-0.2, -0.15) is 5.26 Å². The number of fused-ring (bicyclic) bond motifs is 3. The zero-order valence-electron chi connectivity index (χ0n) is 15.0. The number of nitriles is 1. The number of hydrogen-bond donors (Lipinski definition) is 0. The van der Waals surface area contributed by atoms with Crippen molar-refractivity contribution in [2.75, 3.05) is 0 Å². The van der Waals surface area contributed by atoms with Crippen LogP contribution in [-0.4, -0.2) is 19.7 Å². The molecule has 0 saturated heterocycles. The van der Waals surface area contributed by atoms with E-state index in [-0.39, 0.29) is 0 Å². The molecule has 0 amide bonds. The summed E-state index contributed by atoms with van der Waals surface area (Å²) in [6, 6.07) is 16.1. The molecule has 0 unspecified atom stereocenters. The molecule has 0 bridgehead atoms. The fourth-order valence-electron chi connectivity index (χ4n) is 3.44. The van der Waals surface area contributed by atoms with E-state index in [4.69, 9.17) is 4.98 Å². The number of aromatic nitrogens is 4. The second-order valence-electron chi connectivity index (χ2n) is 7.01. The van der Waals surface area contributed by atoms with Crippen molar-refractivity contribution in [2.24, 2.45) is 5.92 Å². The average Bonchev–Trinajstić information content (AvgIpc) is 3.49. The van der Waals surface area contributed by atoms with Gasteiger partial charge in [0.1, 0.15) is 5.52 Å². The smallest absolute Gasteiger partial charge is 0.211 e. The van der Waals surface area contributed by atoms with Crippen molar-refractivity contribution in [1.82, 2.24) is 19.7 Å². The van der Waals surface area contributed by atoms with Crippen LogP contribution in [0.1, 0.15) is 24.0 Å². The van der Waals surface area contributed by atoms with E-state index in [2.05, 4.69) is 48.9 Å². The molecule has 0 spiro atoms. The first-order valence-electron chi connectivity index (χ1n) is 9.16. The monoisotopic (exact) mass is 449 g/mol. The molecule has 2 aromatic carbocycles. The highest BCUT2D eigenvalue weighted by Crippen LogP contribution is 2.37. The molecule has 4 aromatic rings. The van der Waals surface area contributed by atoms with Crippen LogP contribution in [0.2, 0.25) is 0 Å². The molecule has 138 valence electrons. The lowest BCUT2D eigenvalue weighted by Crippen LogP contribution is -2.02. The number of thioether (sulfide) groups is 1. The number of benzene rings is 2. The van der Waals surface area contributed by atoms with Gasteiger partial charge >= 0.3 is 0 Å². The largest absolute Gasteiger partial charge is 0.323 e. The summed E-state index contributed by atoms with van der Waals surface area (Å²) < 4.78 is 3.30. The van der Waals surface area contributed by atoms with E-state index in [0.29, 0.717) is 16.5 Å². The quantitative estimate of drug-likeness (QED) is 0.385. The first-order valence-corrected chi connectivity index (χ1v) is 10.9. The Morgan fingerprint density at radius 2 is 2.00 bits per heavy atom. The molecular weight excluding hydrogens is 434 g/mol. The van der Waals surface area contributed by atoms with Gasteiger partial charge in [0.25, 0.3) is 0 Å². The maximum atomic E-state index is 9.28. The second kappa shape index (κ2) is 7.19. The van der Waals surface area contributed by atoms with E-state index < -0.39 is 0 Å². The lowest BCUT2D eigenvalue weighted by atomic mass is 10.1. The van der Waals surface area contributed by atoms with Gasteiger partial charge in [-0.05, 0) is 42.5 Å². The summed E-state index contributed by atoms with van der Waals surface area (Å²) in [6.45, 7) is 0.969. The Hall–Kier alpha value is -2.43. The molecule has 0 N–H and O–H groups in total. The second-order valence-corrected chi connectivity index (χ2v) is 8.81. The van der Waals surface area contributed by atoms with Gasteiger partial charge in [-0.25, -0.2) is 4.98 Å². The third kappa shape index (κ3) is 3.17. The summed E-state index contributed by atoms with van der Waals surface area (Å²) in [4.78, 5) is 4.85. The molecule has 0 radical (unpaired) electrons. The van der Waals surface area contributed by atoms with Gasteiger partial charge in [0.15, 0.2) is 5.65 Å². The Labute approximate surface area is 174 Å². The van der Waals surface area contributed by atoms with Crippen molar-refractivity contribution in [3.05, 3.63) is 58.1 Å². The fraction of sp³-hybridized carbons (Fsp3) is 0.238. The zero-order valence-corrected chi connectivity index (χ0v) is 17.4.